The molecule has 0 aromatic heterocycles. The highest BCUT2D eigenvalue weighted by atomic mass is 16.5. The van der Waals surface area contributed by atoms with E-state index in [1.807, 2.05) is 0 Å². The van der Waals surface area contributed by atoms with Crippen LogP contribution in [0.2, 0.25) is 0 Å². The Morgan fingerprint density at radius 1 is 0.900 bits per heavy atom. The smallest absolute Gasteiger partial charge is 0.309 e. The van der Waals surface area contributed by atoms with Crippen LogP contribution in [0.25, 0.3) is 0 Å². The normalized spacial score (nSPS) is 29.1. The van der Waals surface area contributed by atoms with Crippen molar-refractivity contribution in [1.82, 2.24) is 0 Å². The molecule has 2 fully saturated rings. The zero-order valence-electron chi connectivity index (χ0n) is 13.3. The van der Waals surface area contributed by atoms with Crippen molar-refractivity contribution in [3.8, 4) is 0 Å². The predicted molar refractivity (Wildman–Crippen MR) is 79.5 cm³/mol. The van der Waals surface area contributed by atoms with Gasteiger partial charge in [-0.3, -0.25) is 4.79 Å². The van der Waals surface area contributed by atoms with Gasteiger partial charge in [0.15, 0.2) is 0 Å². The summed E-state index contributed by atoms with van der Waals surface area (Å²) in [6.07, 6.45) is 10.1. The Bertz CT molecular complexity index is 313. The fraction of sp³-hybridized carbons (Fsp3) is 0.941. The van der Waals surface area contributed by atoms with Gasteiger partial charge in [0.25, 0.3) is 0 Å². The standard InChI is InChI=1S/C17H30O3/c1-17(2,3)20-15-11-7-10-14(12-15)19-16(18)13-8-5-4-6-9-13/h13-15H,4-12H2,1-3H3. The van der Waals surface area contributed by atoms with Crippen molar-refractivity contribution < 1.29 is 14.3 Å². The molecule has 20 heavy (non-hydrogen) atoms. The molecule has 116 valence electrons. The van der Waals surface area contributed by atoms with Crippen LogP contribution in [-0.4, -0.2) is 23.8 Å². The van der Waals surface area contributed by atoms with E-state index in [2.05, 4.69) is 20.8 Å². The maximum absolute atomic E-state index is 12.2. The molecule has 0 bridgehead atoms. The van der Waals surface area contributed by atoms with E-state index in [4.69, 9.17) is 9.47 Å². The minimum absolute atomic E-state index is 0.0473. The van der Waals surface area contributed by atoms with E-state index >= 15 is 0 Å². The Kier molecular flexibility index (Phi) is 5.48. The molecule has 3 heteroatoms. The average molecular weight is 282 g/mol. The molecule has 2 saturated carbocycles. The lowest BCUT2D eigenvalue weighted by atomic mass is 9.89. The summed E-state index contributed by atoms with van der Waals surface area (Å²) in [5.41, 5.74) is -0.111. The fourth-order valence-electron chi connectivity index (χ4n) is 3.41. The van der Waals surface area contributed by atoms with Gasteiger partial charge in [-0.05, 0) is 52.9 Å². The van der Waals surface area contributed by atoms with Crippen molar-refractivity contribution >= 4 is 5.97 Å². The molecule has 2 rings (SSSR count). The van der Waals surface area contributed by atoms with Crippen LogP contribution < -0.4 is 0 Å². The zero-order chi connectivity index (χ0) is 14.6. The lowest BCUT2D eigenvalue weighted by Gasteiger charge is -2.34. The number of carbonyl (C=O) groups is 1. The molecule has 3 nitrogen and oxygen atoms in total. The first-order valence-corrected chi connectivity index (χ1v) is 8.32. The van der Waals surface area contributed by atoms with Gasteiger partial charge in [0, 0.05) is 6.42 Å². The van der Waals surface area contributed by atoms with E-state index in [1.54, 1.807) is 0 Å². The van der Waals surface area contributed by atoms with Crippen molar-refractivity contribution in [2.24, 2.45) is 5.92 Å². The van der Waals surface area contributed by atoms with Gasteiger partial charge >= 0.3 is 5.97 Å². The monoisotopic (exact) mass is 282 g/mol. The van der Waals surface area contributed by atoms with Gasteiger partial charge in [-0.1, -0.05) is 19.3 Å². The first-order chi connectivity index (χ1) is 9.44. The van der Waals surface area contributed by atoms with Crippen LogP contribution in [0, 0.1) is 5.92 Å². The van der Waals surface area contributed by atoms with E-state index < -0.39 is 0 Å². The first kappa shape index (κ1) is 15.8. The minimum Gasteiger partial charge on any atom is -0.462 e. The van der Waals surface area contributed by atoms with Crippen LogP contribution >= 0.6 is 0 Å². The summed E-state index contributed by atoms with van der Waals surface area (Å²) in [5.74, 6) is 0.207. The second-order valence-electron chi connectivity index (χ2n) is 7.41. The number of hydrogen-bond donors (Lipinski definition) is 0. The summed E-state index contributed by atoms with van der Waals surface area (Å²) in [7, 11) is 0. The maximum Gasteiger partial charge on any atom is 0.309 e. The van der Waals surface area contributed by atoms with E-state index in [-0.39, 0.29) is 29.7 Å². The van der Waals surface area contributed by atoms with Crippen LogP contribution in [-0.2, 0) is 14.3 Å². The Labute approximate surface area is 123 Å². The van der Waals surface area contributed by atoms with Crippen LogP contribution in [0.15, 0.2) is 0 Å². The molecule has 0 saturated heterocycles. The summed E-state index contributed by atoms with van der Waals surface area (Å²) in [6, 6.07) is 0. The van der Waals surface area contributed by atoms with Gasteiger partial charge in [0.2, 0.25) is 0 Å². The predicted octanol–water partition coefficient (Wildman–Crippen LogP) is 4.24. The lowest BCUT2D eigenvalue weighted by Crippen LogP contribution is -2.36. The van der Waals surface area contributed by atoms with E-state index in [0.29, 0.717) is 0 Å². The molecule has 2 atom stereocenters. The molecule has 2 aliphatic carbocycles. The number of rotatable bonds is 3. The number of carbonyl (C=O) groups excluding carboxylic acids is 1. The van der Waals surface area contributed by atoms with Gasteiger partial charge in [-0.15, -0.1) is 0 Å². The largest absolute Gasteiger partial charge is 0.462 e. The Hall–Kier alpha value is -0.570. The lowest BCUT2D eigenvalue weighted by molar-refractivity contribution is -0.161. The average Bonchev–Trinajstić information content (AvgIpc) is 2.38. The van der Waals surface area contributed by atoms with E-state index in [0.717, 1.165) is 38.5 Å². The van der Waals surface area contributed by atoms with Crippen molar-refractivity contribution in [2.45, 2.75) is 96.4 Å². The highest BCUT2D eigenvalue weighted by Gasteiger charge is 2.30. The molecule has 0 heterocycles. The molecule has 2 unspecified atom stereocenters. The highest BCUT2D eigenvalue weighted by Crippen LogP contribution is 2.30. The van der Waals surface area contributed by atoms with Crippen molar-refractivity contribution in [1.29, 1.82) is 0 Å². The van der Waals surface area contributed by atoms with Crippen LogP contribution in [0.1, 0.15) is 78.6 Å². The Morgan fingerprint density at radius 2 is 1.55 bits per heavy atom. The second kappa shape index (κ2) is 6.93. The van der Waals surface area contributed by atoms with Crippen LogP contribution in [0.5, 0.6) is 0 Å². The molecule has 0 spiro atoms. The molecule has 0 N–H and O–H groups in total. The minimum atomic E-state index is -0.111. The molecule has 0 radical (unpaired) electrons. The third-order valence-corrected chi connectivity index (χ3v) is 4.32. The summed E-state index contributed by atoms with van der Waals surface area (Å²) < 4.78 is 11.8. The molecule has 0 aromatic rings. The van der Waals surface area contributed by atoms with Crippen LogP contribution in [0.4, 0.5) is 0 Å². The van der Waals surface area contributed by atoms with Gasteiger partial charge in [0.1, 0.15) is 6.10 Å². The van der Waals surface area contributed by atoms with Crippen molar-refractivity contribution in [3.05, 3.63) is 0 Å². The van der Waals surface area contributed by atoms with Crippen LogP contribution in [0.3, 0.4) is 0 Å². The van der Waals surface area contributed by atoms with E-state index in [9.17, 15) is 4.79 Å². The van der Waals surface area contributed by atoms with Gasteiger partial charge in [-0.2, -0.15) is 0 Å². The maximum atomic E-state index is 12.2. The molecular weight excluding hydrogens is 252 g/mol. The third-order valence-electron chi connectivity index (χ3n) is 4.32. The molecule has 0 amide bonds. The fourth-order valence-corrected chi connectivity index (χ4v) is 3.41. The molecule has 0 aliphatic heterocycles. The molecule has 2 aliphatic rings. The summed E-state index contributed by atoms with van der Waals surface area (Å²) in [6.45, 7) is 6.26. The number of esters is 1. The number of hydrogen-bond acceptors (Lipinski definition) is 3. The van der Waals surface area contributed by atoms with Gasteiger partial charge in [0.05, 0.1) is 17.6 Å². The summed E-state index contributed by atoms with van der Waals surface area (Å²) in [5, 5.41) is 0. The van der Waals surface area contributed by atoms with Gasteiger partial charge in [-0.25, -0.2) is 0 Å². The van der Waals surface area contributed by atoms with Crippen molar-refractivity contribution in [2.75, 3.05) is 0 Å². The van der Waals surface area contributed by atoms with E-state index in [1.165, 1.54) is 19.3 Å². The molecule has 0 aromatic carbocycles. The summed E-state index contributed by atoms with van der Waals surface area (Å²) in [4.78, 5) is 12.2. The highest BCUT2D eigenvalue weighted by molar-refractivity contribution is 5.72. The van der Waals surface area contributed by atoms with Crippen molar-refractivity contribution in [3.63, 3.8) is 0 Å². The first-order valence-electron chi connectivity index (χ1n) is 8.32. The third kappa shape index (κ3) is 5.08. The molecular formula is C17H30O3. The zero-order valence-corrected chi connectivity index (χ0v) is 13.3. The number of ether oxygens (including phenoxy) is 2. The second-order valence-corrected chi connectivity index (χ2v) is 7.41. The Morgan fingerprint density at radius 3 is 2.20 bits per heavy atom. The van der Waals surface area contributed by atoms with Gasteiger partial charge < -0.3 is 9.47 Å². The SMILES string of the molecule is CC(C)(C)OC1CCCC(OC(=O)C2CCCCC2)C1. The topological polar surface area (TPSA) is 35.5 Å². The summed E-state index contributed by atoms with van der Waals surface area (Å²) >= 11 is 0. The quantitative estimate of drug-likeness (QED) is 0.726. The Balaban J connectivity index is 1.78.